The number of hydrogen-bond acceptors (Lipinski definition) is 2. The first-order valence-electron chi connectivity index (χ1n) is 10.9. The van der Waals surface area contributed by atoms with Crippen molar-refractivity contribution >= 4 is 21.7 Å². The van der Waals surface area contributed by atoms with Gasteiger partial charge < -0.3 is 5.11 Å². The van der Waals surface area contributed by atoms with Crippen LogP contribution in [-0.2, 0) is 4.79 Å². The van der Waals surface area contributed by atoms with Gasteiger partial charge in [0, 0.05) is 13.0 Å². The van der Waals surface area contributed by atoms with Gasteiger partial charge in [-0.3, -0.25) is 4.79 Å². The topological polar surface area (TPSA) is 37.3 Å². The highest BCUT2D eigenvalue weighted by Gasteiger charge is 2.60. The summed E-state index contributed by atoms with van der Waals surface area (Å²) in [6.07, 6.45) is 12.5. The maximum absolute atomic E-state index is 12.5. The number of rotatable bonds is 2. The van der Waals surface area contributed by atoms with Crippen LogP contribution in [0.2, 0.25) is 0 Å². The lowest BCUT2D eigenvalue weighted by atomic mass is 9.44. The first kappa shape index (κ1) is 20.8. The summed E-state index contributed by atoms with van der Waals surface area (Å²) in [5, 5.41) is 7.56. The molecule has 4 fully saturated rings. The number of aliphatic hydroxyl groups excluding tert-OH is 1. The van der Waals surface area contributed by atoms with Crippen molar-refractivity contribution in [2.24, 2.45) is 46.3 Å². The van der Waals surface area contributed by atoms with E-state index in [0.29, 0.717) is 27.9 Å². The van der Waals surface area contributed by atoms with Gasteiger partial charge in [-0.25, -0.2) is 0 Å². The number of fused-ring (bicyclic) bond motifs is 5. The predicted molar refractivity (Wildman–Crippen MR) is 111 cm³/mol. The van der Waals surface area contributed by atoms with E-state index in [9.17, 15) is 4.79 Å². The molecule has 0 saturated heterocycles. The maximum atomic E-state index is 12.5. The Morgan fingerprint density at radius 2 is 1.62 bits per heavy atom. The van der Waals surface area contributed by atoms with Gasteiger partial charge in [0.2, 0.25) is 0 Å². The summed E-state index contributed by atoms with van der Waals surface area (Å²) < 4.78 is 0. The van der Waals surface area contributed by atoms with Crippen LogP contribution < -0.4 is 0 Å². The van der Waals surface area contributed by atoms with Crippen LogP contribution in [0, 0.1) is 46.3 Å². The molecule has 0 heterocycles. The fraction of sp³-hybridized carbons (Fsp3) is 0.957. The molecule has 26 heavy (non-hydrogen) atoms. The van der Waals surface area contributed by atoms with Crippen molar-refractivity contribution in [3.05, 3.63) is 0 Å². The van der Waals surface area contributed by atoms with Crippen LogP contribution in [-0.4, -0.2) is 23.3 Å². The van der Waals surface area contributed by atoms with E-state index in [0.717, 1.165) is 43.1 Å². The van der Waals surface area contributed by atoms with Gasteiger partial charge in [0.25, 0.3) is 0 Å². The minimum Gasteiger partial charge on any atom is -0.400 e. The van der Waals surface area contributed by atoms with Crippen LogP contribution in [0.15, 0.2) is 0 Å². The molecule has 4 saturated carbocycles. The Morgan fingerprint density at radius 1 is 0.962 bits per heavy atom. The number of halogens is 1. The Hall–Kier alpha value is 0.110. The molecule has 0 amide bonds. The van der Waals surface area contributed by atoms with Crippen molar-refractivity contribution in [1.29, 1.82) is 0 Å². The normalized spacial score (nSPS) is 49.9. The highest BCUT2D eigenvalue weighted by Crippen LogP contribution is 2.67. The lowest BCUT2D eigenvalue weighted by Crippen LogP contribution is -2.53. The van der Waals surface area contributed by atoms with Crippen LogP contribution in [0.3, 0.4) is 0 Å². The van der Waals surface area contributed by atoms with Crippen molar-refractivity contribution < 1.29 is 9.90 Å². The van der Waals surface area contributed by atoms with E-state index < -0.39 is 0 Å². The zero-order chi connectivity index (χ0) is 19.1. The highest BCUT2D eigenvalue weighted by molar-refractivity contribution is 9.09. The molecule has 0 aromatic rings. The number of Topliss-reactive ketones (excluding diaryl/α,β-unsaturated/α-hetero) is 1. The van der Waals surface area contributed by atoms with Crippen molar-refractivity contribution in [1.82, 2.24) is 0 Å². The van der Waals surface area contributed by atoms with E-state index in [1.165, 1.54) is 51.4 Å². The average molecular weight is 427 g/mol. The number of ketones is 1. The Morgan fingerprint density at radius 3 is 2.31 bits per heavy atom. The molecule has 4 aliphatic carbocycles. The lowest BCUT2D eigenvalue weighted by molar-refractivity contribution is -0.134. The van der Waals surface area contributed by atoms with Crippen LogP contribution in [0.5, 0.6) is 0 Å². The number of carbonyl (C=O) groups excluding carboxylic acids is 1. The molecule has 150 valence electrons. The lowest BCUT2D eigenvalue weighted by Gasteiger charge is -2.61. The third-order valence-corrected chi connectivity index (χ3v) is 10.0. The Bertz CT molecular complexity index is 520. The Kier molecular flexibility index (Phi) is 6.29. The molecule has 4 aliphatic rings. The largest absolute Gasteiger partial charge is 0.400 e. The summed E-state index contributed by atoms with van der Waals surface area (Å²) in [5.41, 5.74) is 0.908. The number of hydrogen-bond donors (Lipinski definition) is 1. The summed E-state index contributed by atoms with van der Waals surface area (Å²) in [4.78, 5) is 12.5. The molecule has 1 N–H and O–H groups in total. The molecule has 0 bridgehead atoms. The number of alkyl halides is 1. The second kappa shape index (κ2) is 7.85. The van der Waals surface area contributed by atoms with Gasteiger partial charge >= 0.3 is 0 Å². The molecule has 2 nitrogen and oxygen atoms in total. The molecule has 0 radical (unpaired) electrons. The van der Waals surface area contributed by atoms with Gasteiger partial charge in [-0.2, -0.15) is 0 Å². The quantitative estimate of drug-likeness (QED) is 0.561. The third-order valence-electron chi connectivity index (χ3n) is 9.45. The van der Waals surface area contributed by atoms with E-state index in [1.54, 1.807) is 0 Å². The van der Waals surface area contributed by atoms with Crippen LogP contribution >= 0.6 is 15.9 Å². The smallest absolute Gasteiger partial charge is 0.147 e. The fourth-order valence-electron chi connectivity index (χ4n) is 8.09. The molecule has 4 rings (SSSR count). The molecular formula is C23H39BrO2. The molecule has 0 aliphatic heterocycles. The zero-order valence-electron chi connectivity index (χ0n) is 17.3. The minimum atomic E-state index is 0.303. The standard InChI is InChI=1S/C22H35BrO.CH4O/c1-14-8-10-21(2)15(12-14)4-5-16-17-6-7-19(20(24)13-23)22(17,3)11-9-18(16)21;1-2/h14-19H,4-13H2,1-3H3;2H,1H3/t14?,15?,16?,17?,18?,19-,21+,22?;/m1./s1. The number of aliphatic hydroxyl groups is 1. The van der Waals surface area contributed by atoms with Crippen LogP contribution in [0.1, 0.15) is 78.6 Å². The molecule has 0 spiro atoms. The van der Waals surface area contributed by atoms with Crippen LogP contribution in [0.4, 0.5) is 0 Å². The molecule has 0 aromatic carbocycles. The summed E-state index contributed by atoms with van der Waals surface area (Å²) in [7, 11) is 1.00. The zero-order valence-corrected chi connectivity index (χ0v) is 18.9. The third kappa shape index (κ3) is 3.13. The van der Waals surface area contributed by atoms with Crippen molar-refractivity contribution in [3.8, 4) is 0 Å². The first-order valence-corrected chi connectivity index (χ1v) is 12.1. The van der Waals surface area contributed by atoms with Gasteiger partial charge in [-0.1, -0.05) is 43.1 Å². The van der Waals surface area contributed by atoms with E-state index >= 15 is 0 Å². The van der Waals surface area contributed by atoms with Gasteiger partial charge in [-0.15, -0.1) is 0 Å². The molecule has 8 atom stereocenters. The van der Waals surface area contributed by atoms with Crippen LogP contribution in [0.25, 0.3) is 0 Å². The van der Waals surface area contributed by atoms with E-state index in [2.05, 4.69) is 36.7 Å². The Labute approximate surface area is 169 Å². The van der Waals surface area contributed by atoms with Gasteiger partial charge in [-0.05, 0) is 91.8 Å². The molecule has 6 unspecified atom stereocenters. The average Bonchev–Trinajstić information content (AvgIpc) is 3.00. The summed E-state index contributed by atoms with van der Waals surface area (Å²) >= 11 is 3.44. The number of carbonyl (C=O) groups is 1. The van der Waals surface area contributed by atoms with Crippen molar-refractivity contribution in [2.45, 2.75) is 78.6 Å². The summed E-state index contributed by atoms with van der Waals surface area (Å²) in [6.45, 7) is 7.60. The molecular weight excluding hydrogens is 388 g/mol. The summed E-state index contributed by atoms with van der Waals surface area (Å²) in [6, 6.07) is 0. The monoisotopic (exact) mass is 426 g/mol. The fourth-order valence-corrected chi connectivity index (χ4v) is 8.49. The maximum Gasteiger partial charge on any atom is 0.147 e. The van der Waals surface area contributed by atoms with E-state index in [4.69, 9.17) is 5.11 Å². The highest BCUT2D eigenvalue weighted by atomic mass is 79.9. The first-order chi connectivity index (χ1) is 12.4. The summed E-state index contributed by atoms with van der Waals surface area (Å²) in [5.74, 6) is 5.41. The van der Waals surface area contributed by atoms with Gasteiger partial charge in [0.15, 0.2) is 0 Å². The van der Waals surface area contributed by atoms with E-state index in [-0.39, 0.29) is 0 Å². The molecule has 3 heteroatoms. The second-order valence-electron chi connectivity index (χ2n) is 10.3. The van der Waals surface area contributed by atoms with Gasteiger partial charge in [0.1, 0.15) is 5.78 Å². The van der Waals surface area contributed by atoms with E-state index in [1.807, 2.05) is 0 Å². The molecule has 0 aromatic heterocycles. The second-order valence-corrected chi connectivity index (χ2v) is 10.9. The SMILES string of the molecule is CC1CC[C@@]2(C)C(CCC3C4CC[C@H](C(=O)CBr)C4(C)CCC32)C1.CO. The van der Waals surface area contributed by atoms with Gasteiger partial charge in [0.05, 0.1) is 5.33 Å². The predicted octanol–water partition coefficient (Wildman–Crippen LogP) is 5.85. The van der Waals surface area contributed by atoms with Crippen molar-refractivity contribution in [3.63, 3.8) is 0 Å². The minimum absolute atomic E-state index is 0.303. The van der Waals surface area contributed by atoms with Crippen molar-refractivity contribution in [2.75, 3.05) is 12.4 Å². The Balaban J connectivity index is 0.000000948.